The number of aromatic nitrogens is 2. The van der Waals surface area contributed by atoms with E-state index in [0.29, 0.717) is 24.9 Å². The highest BCUT2D eigenvalue weighted by atomic mass is 19.4. The molecule has 0 aliphatic heterocycles. The van der Waals surface area contributed by atoms with Crippen molar-refractivity contribution in [3.8, 4) is 11.4 Å². The summed E-state index contributed by atoms with van der Waals surface area (Å²) in [5.41, 5.74) is 3.94. The molecule has 1 N–H and O–H groups in total. The van der Waals surface area contributed by atoms with Gasteiger partial charge in [0.15, 0.2) is 0 Å². The van der Waals surface area contributed by atoms with E-state index in [1.54, 1.807) is 29.1 Å². The van der Waals surface area contributed by atoms with Crippen LogP contribution in [0.1, 0.15) is 37.4 Å². The van der Waals surface area contributed by atoms with E-state index in [9.17, 15) is 31.1 Å². The fraction of sp³-hybridized carbons (Fsp3) is 0.355. The van der Waals surface area contributed by atoms with E-state index < -0.39 is 41.9 Å². The van der Waals surface area contributed by atoms with Gasteiger partial charge in [0.2, 0.25) is 5.91 Å². The monoisotopic (exact) mass is 587 g/mol. The Morgan fingerprint density at radius 2 is 1.83 bits per heavy atom. The Labute approximate surface area is 237 Å². The zero-order chi connectivity index (χ0) is 29.8. The number of allylic oxidation sites excluding steroid dienone is 3. The molecule has 0 saturated heterocycles. The molecule has 0 bridgehead atoms. The molecule has 1 heterocycles. The molecule has 220 valence electrons. The first-order valence-electron chi connectivity index (χ1n) is 13.6. The molecular weight excluding hydrogens is 560 g/mol. The summed E-state index contributed by atoms with van der Waals surface area (Å²) < 4.78 is 87.4. The number of benzene rings is 2. The summed E-state index contributed by atoms with van der Waals surface area (Å²) >= 11 is 0. The average molecular weight is 588 g/mol. The van der Waals surface area contributed by atoms with E-state index >= 15 is 0 Å². The predicted molar refractivity (Wildman–Crippen MR) is 143 cm³/mol. The van der Waals surface area contributed by atoms with Crippen LogP contribution in [-0.2, 0) is 11.2 Å². The van der Waals surface area contributed by atoms with Crippen molar-refractivity contribution < 1.29 is 35.9 Å². The first-order valence-corrected chi connectivity index (χ1v) is 13.6. The highest BCUT2D eigenvalue weighted by Gasteiger charge is 2.56. The second kappa shape index (κ2) is 10.4. The second-order valence-corrected chi connectivity index (χ2v) is 11.2. The lowest BCUT2D eigenvalue weighted by Crippen LogP contribution is -2.49. The Hall–Kier alpha value is -4.02. The number of carbonyl (C=O) groups excluding carboxylic acids is 1. The van der Waals surface area contributed by atoms with Gasteiger partial charge < -0.3 is 10.1 Å². The fourth-order valence-corrected chi connectivity index (χ4v) is 6.88. The summed E-state index contributed by atoms with van der Waals surface area (Å²) in [5, 5.41) is 7.10. The molecule has 1 aromatic heterocycles. The molecule has 42 heavy (non-hydrogen) atoms. The lowest BCUT2D eigenvalue weighted by atomic mass is 9.54. The van der Waals surface area contributed by atoms with Crippen molar-refractivity contribution in [3.63, 3.8) is 0 Å². The summed E-state index contributed by atoms with van der Waals surface area (Å²) in [7, 11) is 0. The van der Waals surface area contributed by atoms with E-state index in [1.807, 2.05) is 13.0 Å². The number of halogens is 6. The van der Waals surface area contributed by atoms with Gasteiger partial charge in [-0.05, 0) is 91.8 Å². The molecule has 11 heteroatoms. The summed E-state index contributed by atoms with van der Waals surface area (Å²) in [6, 6.07) is 11.1. The van der Waals surface area contributed by atoms with Gasteiger partial charge in [0.25, 0.3) is 0 Å². The zero-order valence-corrected chi connectivity index (χ0v) is 22.5. The number of rotatable bonds is 5. The maximum absolute atomic E-state index is 14.3. The molecule has 0 spiro atoms. The standard InChI is InChI=1S/C31H27F6N3O2/c1-30-15-17-16-38-40(21-7-3-19(32)4-8-21)26(17)14-18(30)2-11-23-24(30)12-13-25(31(35,36)37)27(23)28(41)39-20-5-9-22(10-6-20)42-29(33)34/h3-10,12,14,16,23,25,27,29H,2,11,13,15H2,1H3,(H,39,41)/t23-,25+,27+,30-/m0/s1. The van der Waals surface area contributed by atoms with E-state index in [-0.39, 0.29) is 23.7 Å². The van der Waals surface area contributed by atoms with Gasteiger partial charge in [-0.25, -0.2) is 9.07 Å². The quantitative estimate of drug-likeness (QED) is 0.246. The Morgan fingerprint density at radius 3 is 2.50 bits per heavy atom. The van der Waals surface area contributed by atoms with Crippen molar-refractivity contribution in [2.75, 3.05) is 5.32 Å². The van der Waals surface area contributed by atoms with E-state index in [0.717, 1.165) is 22.4 Å². The normalized spacial score (nSPS) is 25.1. The van der Waals surface area contributed by atoms with Gasteiger partial charge in [-0.3, -0.25) is 4.79 Å². The Morgan fingerprint density at radius 1 is 1.12 bits per heavy atom. The average Bonchev–Trinajstić information content (AvgIpc) is 3.33. The van der Waals surface area contributed by atoms with Crippen molar-refractivity contribution in [3.05, 3.63) is 89.0 Å². The number of nitrogens with zero attached hydrogens (tertiary/aromatic N) is 2. The van der Waals surface area contributed by atoms with Crippen LogP contribution in [0.25, 0.3) is 11.8 Å². The van der Waals surface area contributed by atoms with Crippen LogP contribution in [0.3, 0.4) is 0 Å². The van der Waals surface area contributed by atoms with Crippen LogP contribution in [-0.4, -0.2) is 28.5 Å². The smallest absolute Gasteiger partial charge is 0.392 e. The number of ether oxygens (including phenoxy) is 1. The fourth-order valence-electron chi connectivity index (χ4n) is 6.88. The van der Waals surface area contributed by atoms with E-state index in [4.69, 9.17) is 0 Å². The van der Waals surface area contributed by atoms with Crippen LogP contribution < -0.4 is 10.1 Å². The van der Waals surface area contributed by atoms with E-state index in [2.05, 4.69) is 15.2 Å². The first kappa shape index (κ1) is 28.1. The maximum Gasteiger partial charge on any atom is 0.392 e. The van der Waals surface area contributed by atoms with Crippen LogP contribution >= 0.6 is 0 Å². The SMILES string of the molecule is C[C@]12Cc3cnn(-c4ccc(F)cc4)c3C=C1CC[C@H]1C2=CC[C@@H](C(F)(F)F)[C@@H]1C(=O)Nc1ccc(OC(F)F)cc1. The molecule has 0 radical (unpaired) electrons. The van der Waals surface area contributed by atoms with Gasteiger partial charge in [-0.2, -0.15) is 27.1 Å². The molecule has 0 unspecified atom stereocenters. The van der Waals surface area contributed by atoms with Crippen LogP contribution in [0, 0.1) is 29.0 Å². The maximum atomic E-state index is 14.3. The summed E-state index contributed by atoms with van der Waals surface area (Å²) in [6.45, 7) is -1.01. The third-order valence-electron chi connectivity index (χ3n) is 8.81. The van der Waals surface area contributed by atoms with Gasteiger partial charge in [0.1, 0.15) is 11.6 Å². The third-order valence-corrected chi connectivity index (χ3v) is 8.81. The number of fused-ring (bicyclic) bond motifs is 4. The molecular formula is C31H27F6N3O2. The van der Waals surface area contributed by atoms with Gasteiger partial charge >= 0.3 is 12.8 Å². The number of anilines is 1. The lowest BCUT2D eigenvalue weighted by molar-refractivity contribution is -0.196. The minimum atomic E-state index is -4.59. The molecule has 2 aromatic carbocycles. The molecule has 1 amide bonds. The Bertz CT molecular complexity index is 1560. The molecule has 5 nitrogen and oxygen atoms in total. The van der Waals surface area contributed by atoms with Crippen LogP contribution in [0.15, 0.2) is 72.0 Å². The molecule has 3 aliphatic carbocycles. The van der Waals surface area contributed by atoms with Crippen LogP contribution in [0.2, 0.25) is 0 Å². The molecule has 3 aromatic rings. The highest BCUT2D eigenvalue weighted by Crippen LogP contribution is 2.59. The molecule has 1 fully saturated rings. The van der Waals surface area contributed by atoms with Crippen molar-refractivity contribution in [1.82, 2.24) is 9.78 Å². The number of nitrogens with one attached hydrogen (secondary N) is 1. The minimum Gasteiger partial charge on any atom is -0.435 e. The van der Waals surface area contributed by atoms with Gasteiger partial charge in [0.05, 0.1) is 29.4 Å². The van der Waals surface area contributed by atoms with Crippen LogP contribution in [0.4, 0.5) is 32.0 Å². The zero-order valence-electron chi connectivity index (χ0n) is 22.5. The summed E-state index contributed by atoms with van der Waals surface area (Å²) in [5.74, 6) is -5.10. The molecule has 6 rings (SSSR count). The summed E-state index contributed by atoms with van der Waals surface area (Å²) in [6.07, 6.45) is 1.89. The lowest BCUT2D eigenvalue weighted by Gasteiger charge is -2.50. The van der Waals surface area contributed by atoms with Crippen molar-refractivity contribution in [2.24, 2.45) is 23.2 Å². The largest absolute Gasteiger partial charge is 0.435 e. The minimum absolute atomic E-state index is 0.127. The third kappa shape index (κ3) is 4.98. The highest BCUT2D eigenvalue weighted by molar-refractivity contribution is 5.93. The van der Waals surface area contributed by atoms with Crippen LogP contribution in [0.5, 0.6) is 5.75 Å². The molecule has 3 aliphatic rings. The number of carbonyl (C=O) groups is 1. The number of amides is 1. The Balaban J connectivity index is 1.30. The predicted octanol–water partition coefficient (Wildman–Crippen LogP) is 7.73. The second-order valence-electron chi connectivity index (χ2n) is 11.2. The van der Waals surface area contributed by atoms with Crippen molar-refractivity contribution >= 4 is 17.7 Å². The molecule has 1 saturated carbocycles. The van der Waals surface area contributed by atoms with Gasteiger partial charge in [-0.1, -0.05) is 24.1 Å². The van der Waals surface area contributed by atoms with E-state index in [1.165, 1.54) is 36.4 Å². The van der Waals surface area contributed by atoms with Crippen molar-refractivity contribution in [2.45, 2.75) is 45.4 Å². The van der Waals surface area contributed by atoms with Gasteiger partial charge in [-0.15, -0.1) is 0 Å². The summed E-state index contributed by atoms with van der Waals surface area (Å²) in [4.78, 5) is 13.5. The first-order chi connectivity index (χ1) is 19.9. The van der Waals surface area contributed by atoms with Gasteiger partial charge in [0, 0.05) is 11.1 Å². The number of hydrogen-bond donors (Lipinski definition) is 1. The number of alkyl halides is 5. The topological polar surface area (TPSA) is 56.2 Å². The Kier molecular flexibility index (Phi) is 6.93. The molecule has 4 atom stereocenters. The van der Waals surface area contributed by atoms with Crippen molar-refractivity contribution in [1.29, 1.82) is 0 Å². The number of hydrogen-bond acceptors (Lipinski definition) is 3.